The Morgan fingerprint density at radius 2 is 1.57 bits per heavy atom. The van der Waals surface area contributed by atoms with Crippen molar-refractivity contribution in [2.45, 2.75) is 20.8 Å². The molecule has 0 aliphatic carbocycles. The second kappa shape index (κ2) is 8.04. The van der Waals surface area contributed by atoms with E-state index in [0.29, 0.717) is 5.56 Å². The molecule has 0 bridgehead atoms. The van der Waals surface area contributed by atoms with E-state index in [1.165, 1.54) is 5.56 Å². The molecule has 7 heteroatoms. The maximum absolute atomic E-state index is 12.5. The van der Waals surface area contributed by atoms with E-state index >= 15 is 0 Å². The van der Waals surface area contributed by atoms with Crippen LogP contribution in [0.2, 0.25) is 0 Å². The largest absolute Gasteiger partial charge is 0.332 e. The van der Waals surface area contributed by atoms with Gasteiger partial charge in [-0.2, -0.15) is 4.80 Å². The molecule has 0 saturated carbocycles. The molecule has 150 valence electrons. The Balaban J connectivity index is 1.54. The van der Waals surface area contributed by atoms with Gasteiger partial charge in [0, 0.05) is 11.3 Å². The summed E-state index contributed by atoms with van der Waals surface area (Å²) in [4.78, 5) is 14.1. The van der Waals surface area contributed by atoms with Crippen molar-refractivity contribution in [1.82, 2.24) is 20.3 Å². The van der Waals surface area contributed by atoms with Crippen LogP contribution in [-0.4, -0.2) is 26.0 Å². The van der Waals surface area contributed by atoms with Gasteiger partial charge in [-0.05, 0) is 74.4 Å². The molecule has 30 heavy (non-hydrogen) atoms. The zero-order valence-corrected chi connectivity index (χ0v) is 17.7. The van der Waals surface area contributed by atoms with Crippen molar-refractivity contribution in [2.75, 3.05) is 5.32 Å². The lowest BCUT2D eigenvalue weighted by atomic mass is 10.1. The van der Waals surface area contributed by atoms with Gasteiger partial charge in [0.25, 0.3) is 5.91 Å². The first kappa shape index (κ1) is 19.7. The van der Waals surface area contributed by atoms with Crippen LogP contribution in [0.1, 0.15) is 27.0 Å². The zero-order chi connectivity index (χ0) is 21.3. The van der Waals surface area contributed by atoms with Gasteiger partial charge in [-0.1, -0.05) is 35.9 Å². The molecular formula is C23H21N5OS. The number of anilines is 1. The molecular weight excluding hydrogens is 394 g/mol. The second-order valence-corrected chi connectivity index (χ2v) is 7.61. The third-order valence-electron chi connectivity index (χ3n) is 4.86. The molecule has 0 unspecified atom stereocenters. The molecule has 0 fully saturated rings. The number of hydrogen-bond donors (Lipinski definition) is 2. The van der Waals surface area contributed by atoms with E-state index < -0.39 is 0 Å². The second-order valence-electron chi connectivity index (χ2n) is 7.20. The summed E-state index contributed by atoms with van der Waals surface area (Å²) in [5, 5.41) is 15.2. The minimum atomic E-state index is -0.241. The van der Waals surface area contributed by atoms with Crippen molar-refractivity contribution in [2.24, 2.45) is 0 Å². The number of nitrogens with zero attached hydrogens (tertiary/aromatic N) is 3. The number of hydrogen-bond acceptors (Lipinski definition) is 4. The van der Waals surface area contributed by atoms with Crippen LogP contribution < -0.4 is 10.6 Å². The number of aromatic nitrogens is 3. The summed E-state index contributed by atoms with van der Waals surface area (Å²) < 4.78 is 0. The third-order valence-corrected chi connectivity index (χ3v) is 5.06. The molecule has 4 aromatic rings. The number of thiocarbonyl (C=S) groups is 1. The maximum Gasteiger partial charge on any atom is 0.257 e. The van der Waals surface area contributed by atoms with Crippen LogP contribution in [0.15, 0.2) is 60.7 Å². The normalized spacial score (nSPS) is 10.8. The minimum Gasteiger partial charge on any atom is -0.332 e. The molecule has 0 radical (unpaired) electrons. The van der Waals surface area contributed by atoms with Gasteiger partial charge in [-0.25, -0.2) is 0 Å². The van der Waals surface area contributed by atoms with Crippen molar-refractivity contribution in [3.8, 4) is 5.69 Å². The molecule has 6 nitrogen and oxygen atoms in total. The van der Waals surface area contributed by atoms with Gasteiger partial charge in [-0.15, -0.1) is 10.2 Å². The Morgan fingerprint density at radius 1 is 0.900 bits per heavy atom. The highest BCUT2D eigenvalue weighted by molar-refractivity contribution is 7.80. The van der Waals surface area contributed by atoms with E-state index in [1.807, 2.05) is 75.4 Å². The Hall–Kier alpha value is -3.58. The third kappa shape index (κ3) is 4.06. The molecule has 4 rings (SSSR count). The van der Waals surface area contributed by atoms with E-state index in [2.05, 4.69) is 20.8 Å². The molecule has 0 saturated heterocycles. The SMILES string of the molecule is Cc1ccc(-n2nc3cc(C)c(NC(=S)NC(=O)c4ccccc4C)cc3n2)cc1. The summed E-state index contributed by atoms with van der Waals surface area (Å²) in [6.07, 6.45) is 0. The van der Waals surface area contributed by atoms with Crippen LogP contribution in [0.4, 0.5) is 5.69 Å². The van der Waals surface area contributed by atoms with Crippen molar-refractivity contribution in [3.05, 3.63) is 82.9 Å². The number of rotatable bonds is 3. The number of aryl methyl sites for hydroxylation is 3. The van der Waals surface area contributed by atoms with Gasteiger partial charge in [-0.3, -0.25) is 10.1 Å². The lowest BCUT2D eigenvalue weighted by Gasteiger charge is -2.12. The van der Waals surface area contributed by atoms with Crippen molar-refractivity contribution in [3.63, 3.8) is 0 Å². The predicted molar refractivity (Wildman–Crippen MR) is 123 cm³/mol. The highest BCUT2D eigenvalue weighted by atomic mass is 32.1. The Kier molecular flexibility index (Phi) is 5.29. The first-order chi connectivity index (χ1) is 14.4. The highest BCUT2D eigenvalue weighted by Crippen LogP contribution is 2.22. The van der Waals surface area contributed by atoms with E-state index in [4.69, 9.17) is 12.2 Å². The quantitative estimate of drug-likeness (QED) is 0.483. The van der Waals surface area contributed by atoms with Crippen LogP contribution in [0.3, 0.4) is 0 Å². The van der Waals surface area contributed by atoms with Crippen LogP contribution in [-0.2, 0) is 0 Å². The van der Waals surface area contributed by atoms with Gasteiger partial charge in [0.15, 0.2) is 5.11 Å². The Bertz CT molecular complexity index is 1260. The monoisotopic (exact) mass is 415 g/mol. The van der Waals surface area contributed by atoms with E-state index in [-0.39, 0.29) is 11.0 Å². The molecule has 0 spiro atoms. The Morgan fingerprint density at radius 3 is 2.27 bits per heavy atom. The topological polar surface area (TPSA) is 71.8 Å². The summed E-state index contributed by atoms with van der Waals surface area (Å²) >= 11 is 5.35. The maximum atomic E-state index is 12.5. The fourth-order valence-electron chi connectivity index (χ4n) is 3.15. The predicted octanol–water partition coefficient (Wildman–Crippen LogP) is 4.47. The number of amides is 1. The number of fused-ring (bicyclic) bond motifs is 1. The van der Waals surface area contributed by atoms with Crippen LogP contribution in [0, 0.1) is 20.8 Å². The smallest absolute Gasteiger partial charge is 0.257 e. The fraction of sp³-hybridized carbons (Fsp3) is 0.130. The summed E-state index contributed by atoms with van der Waals surface area (Å²) in [5.41, 5.74) is 6.80. The first-order valence-corrected chi connectivity index (χ1v) is 9.94. The molecule has 0 atom stereocenters. The standard InChI is InChI=1S/C23H21N5OS/c1-14-8-10-17(11-9-14)28-26-20-12-16(3)19(13-21(20)27-28)24-23(30)25-22(29)18-7-5-4-6-15(18)2/h4-13H,1-3H3,(H2,24,25,29,30). The van der Waals surface area contributed by atoms with Crippen molar-refractivity contribution >= 4 is 40.0 Å². The molecule has 2 N–H and O–H groups in total. The van der Waals surface area contributed by atoms with Gasteiger partial charge >= 0.3 is 0 Å². The zero-order valence-electron chi connectivity index (χ0n) is 16.9. The first-order valence-electron chi connectivity index (χ1n) is 9.53. The summed E-state index contributed by atoms with van der Waals surface area (Å²) in [5.74, 6) is -0.241. The number of carbonyl (C=O) groups is 1. The van der Waals surface area contributed by atoms with Gasteiger partial charge in [0.2, 0.25) is 0 Å². The van der Waals surface area contributed by atoms with E-state index in [9.17, 15) is 4.79 Å². The number of carbonyl (C=O) groups excluding carboxylic acids is 1. The lowest BCUT2D eigenvalue weighted by molar-refractivity contribution is 0.0977. The number of nitrogens with one attached hydrogen (secondary N) is 2. The molecule has 3 aromatic carbocycles. The molecule has 0 aliphatic heterocycles. The molecule has 1 heterocycles. The van der Waals surface area contributed by atoms with Crippen LogP contribution in [0.5, 0.6) is 0 Å². The van der Waals surface area contributed by atoms with Crippen LogP contribution in [0.25, 0.3) is 16.7 Å². The highest BCUT2D eigenvalue weighted by Gasteiger charge is 2.13. The van der Waals surface area contributed by atoms with Gasteiger partial charge < -0.3 is 5.32 Å². The fourth-order valence-corrected chi connectivity index (χ4v) is 3.35. The van der Waals surface area contributed by atoms with Gasteiger partial charge in [0.1, 0.15) is 11.0 Å². The molecule has 1 amide bonds. The van der Waals surface area contributed by atoms with Crippen LogP contribution >= 0.6 is 12.2 Å². The number of benzene rings is 3. The summed E-state index contributed by atoms with van der Waals surface area (Å²) in [6.45, 7) is 5.89. The molecule has 0 aliphatic rings. The van der Waals surface area contributed by atoms with Crippen molar-refractivity contribution in [1.29, 1.82) is 0 Å². The average molecular weight is 416 g/mol. The average Bonchev–Trinajstić information content (AvgIpc) is 3.11. The van der Waals surface area contributed by atoms with E-state index in [1.54, 1.807) is 10.9 Å². The van der Waals surface area contributed by atoms with E-state index in [0.717, 1.165) is 33.5 Å². The molecule has 1 aromatic heterocycles. The summed E-state index contributed by atoms with van der Waals surface area (Å²) in [6, 6.07) is 19.2. The summed E-state index contributed by atoms with van der Waals surface area (Å²) in [7, 11) is 0. The minimum absolute atomic E-state index is 0.233. The Labute approximate surface area is 179 Å². The van der Waals surface area contributed by atoms with Gasteiger partial charge in [0.05, 0.1) is 5.69 Å². The van der Waals surface area contributed by atoms with Crippen molar-refractivity contribution < 1.29 is 4.79 Å². The lowest BCUT2D eigenvalue weighted by Crippen LogP contribution is -2.34.